The van der Waals surface area contributed by atoms with E-state index >= 15 is 0 Å². The van der Waals surface area contributed by atoms with E-state index in [0.717, 1.165) is 45.5 Å². The first-order chi connectivity index (χ1) is 12.6. The van der Waals surface area contributed by atoms with Crippen LogP contribution in [0.4, 0.5) is 5.69 Å². The standard InChI is InChI=1S/C20H26N4OS/c1-4-23(13(2)3)15-10-11-21-19-16(15)17-18(26-19)20(25)24(12-22-17)14-8-6-5-7-9-14/h10-14H,4-9H2,1-3H3. The number of rotatable bonds is 4. The van der Waals surface area contributed by atoms with Gasteiger partial charge in [-0.15, -0.1) is 11.3 Å². The molecule has 3 aromatic rings. The zero-order valence-electron chi connectivity index (χ0n) is 15.7. The highest BCUT2D eigenvalue weighted by molar-refractivity contribution is 7.25. The monoisotopic (exact) mass is 370 g/mol. The Morgan fingerprint density at radius 1 is 1.27 bits per heavy atom. The van der Waals surface area contributed by atoms with E-state index in [1.54, 1.807) is 6.33 Å². The Morgan fingerprint density at radius 2 is 2.04 bits per heavy atom. The van der Waals surface area contributed by atoms with E-state index in [1.165, 1.54) is 30.6 Å². The third-order valence-corrected chi connectivity index (χ3v) is 6.60. The van der Waals surface area contributed by atoms with Crippen LogP contribution >= 0.6 is 11.3 Å². The third kappa shape index (κ3) is 2.80. The summed E-state index contributed by atoms with van der Waals surface area (Å²) in [5.74, 6) is 0. The molecular formula is C20H26N4OS. The topological polar surface area (TPSA) is 51.0 Å². The zero-order valence-corrected chi connectivity index (χ0v) is 16.6. The van der Waals surface area contributed by atoms with Crippen LogP contribution in [0, 0.1) is 0 Å². The first kappa shape index (κ1) is 17.5. The number of hydrogen-bond acceptors (Lipinski definition) is 5. The average molecular weight is 371 g/mol. The lowest BCUT2D eigenvalue weighted by Crippen LogP contribution is -2.30. The molecule has 0 saturated heterocycles. The van der Waals surface area contributed by atoms with Gasteiger partial charge in [-0.2, -0.15) is 0 Å². The minimum Gasteiger partial charge on any atom is -0.369 e. The summed E-state index contributed by atoms with van der Waals surface area (Å²) in [6.07, 6.45) is 9.46. The molecule has 0 bridgehead atoms. The fraction of sp³-hybridized carbons (Fsp3) is 0.550. The minimum atomic E-state index is 0.100. The van der Waals surface area contributed by atoms with Gasteiger partial charge in [-0.1, -0.05) is 19.3 Å². The van der Waals surface area contributed by atoms with Gasteiger partial charge in [0.15, 0.2) is 0 Å². The lowest BCUT2D eigenvalue weighted by Gasteiger charge is -2.28. The van der Waals surface area contributed by atoms with Crippen LogP contribution < -0.4 is 10.5 Å². The van der Waals surface area contributed by atoms with Gasteiger partial charge in [0.05, 0.1) is 22.9 Å². The van der Waals surface area contributed by atoms with Crippen LogP contribution in [0.5, 0.6) is 0 Å². The predicted octanol–water partition coefficient (Wildman–Crippen LogP) is 4.75. The Labute approximate surface area is 157 Å². The Morgan fingerprint density at radius 3 is 2.73 bits per heavy atom. The molecular weight excluding hydrogens is 344 g/mol. The van der Waals surface area contributed by atoms with Crippen LogP contribution in [0.25, 0.3) is 20.4 Å². The maximum atomic E-state index is 13.2. The Balaban J connectivity index is 1.92. The predicted molar refractivity (Wildman–Crippen MR) is 109 cm³/mol. The quantitative estimate of drug-likeness (QED) is 0.665. The summed E-state index contributed by atoms with van der Waals surface area (Å²) in [6, 6.07) is 2.73. The van der Waals surface area contributed by atoms with Crippen molar-refractivity contribution in [1.82, 2.24) is 14.5 Å². The van der Waals surface area contributed by atoms with Crippen molar-refractivity contribution >= 4 is 37.5 Å². The third-order valence-electron chi connectivity index (χ3n) is 5.53. The van der Waals surface area contributed by atoms with Gasteiger partial charge in [0.2, 0.25) is 0 Å². The Hall–Kier alpha value is -1.95. The lowest BCUT2D eigenvalue weighted by atomic mass is 9.95. The molecule has 0 amide bonds. The largest absolute Gasteiger partial charge is 0.369 e. The summed E-state index contributed by atoms with van der Waals surface area (Å²) in [4.78, 5) is 25.7. The summed E-state index contributed by atoms with van der Waals surface area (Å²) in [5, 5.41) is 1.02. The second-order valence-corrected chi connectivity index (χ2v) is 8.42. The van der Waals surface area contributed by atoms with Crippen molar-refractivity contribution in [1.29, 1.82) is 0 Å². The highest BCUT2D eigenvalue weighted by Gasteiger charge is 2.22. The molecule has 6 heteroatoms. The van der Waals surface area contributed by atoms with E-state index < -0.39 is 0 Å². The van der Waals surface area contributed by atoms with Crippen LogP contribution in [0.1, 0.15) is 58.9 Å². The van der Waals surface area contributed by atoms with Crippen molar-refractivity contribution < 1.29 is 0 Å². The summed E-state index contributed by atoms with van der Waals surface area (Å²) < 4.78 is 2.61. The summed E-state index contributed by atoms with van der Waals surface area (Å²) in [6.45, 7) is 7.44. The van der Waals surface area contributed by atoms with Gasteiger partial charge in [-0.3, -0.25) is 9.36 Å². The van der Waals surface area contributed by atoms with Crippen LogP contribution in [-0.4, -0.2) is 27.1 Å². The van der Waals surface area contributed by atoms with Crippen molar-refractivity contribution in [2.24, 2.45) is 0 Å². The number of thiophene rings is 1. The van der Waals surface area contributed by atoms with Crippen molar-refractivity contribution in [3.63, 3.8) is 0 Å². The molecule has 1 fully saturated rings. The van der Waals surface area contributed by atoms with Crippen molar-refractivity contribution in [3.8, 4) is 0 Å². The van der Waals surface area contributed by atoms with E-state index in [4.69, 9.17) is 4.98 Å². The molecule has 3 aromatic heterocycles. The number of pyridine rings is 1. The summed E-state index contributed by atoms with van der Waals surface area (Å²) in [5.41, 5.74) is 2.04. The molecule has 0 N–H and O–H groups in total. The zero-order chi connectivity index (χ0) is 18.3. The first-order valence-corrected chi connectivity index (χ1v) is 10.5. The molecule has 138 valence electrons. The molecule has 0 aromatic carbocycles. The van der Waals surface area contributed by atoms with Gasteiger partial charge in [0.25, 0.3) is 5.56 Å². The number of nitrogens with zero attached hydrogens (tertiary/aromatic N) is 4. The maximum absolute atomic E-state index is 13.2. The number of hydrogen-bond donors (Lipinski definition) is 0. The molecule has 0 aliphatic heterocycles. The van der Waals surface area contributed by atoms with Gasteiger partial charge in [-0.05, 0) is 39.7 Å². The van der Waals surface area contributed by atoms with Crippen molar-refractivity contribution in [3.05, 3.63) is 28.9 Å². The molecule has 3 heterocycles. The Kier molecular flexibility index (Phi) is 4.69. The molecule has 0 unspecified atom stereocenters. The van der Waals surface area contributed by atoms with Crippen molar-refractivity contribution in [2.75, 3.05) is 11.4 Å². The fourth-order valence-electron chi connectivity index (χ4n) is 4.22. The van der Waals surface area contributed by atoms with Gasteiger partial charge >= 0.3 is 0 Å². The second-order valence-electron chi connectivity index (χ2n) is 7.42. The van der Waals surface area contributed by atoms with Crippen LogP contribution in [-0.2, 0) is 0 Å². The summed E-state index contributed by atoms with van der Waals surface area (Å²) in [7, 11) is 0. The molecule has 1 saturated carbocycles. The van der Waals surface area contributed by atoms with Gasteiger partial charge in [0.1, 0.15) is 9.53 Å². The van der Waals surface area contributed by atoms with E-state index in [-0.39, 0.29) is 5.56 Å². The molecule has 0 radical (unpaired) electrons. The molecule has 4 rings (SSSR count). The van der Waals surface area contributed by atoms with Crippen molar-refractivity contribution in [2.45, 2.75) is 65.0 Å². The van der Waals surface area contributed by atoms with Crippen LogP contribution in [0.15, 0.2) is 23.4 Å². The molecule has 26 heavy (non-hydrogen) atoms. The fourth-order valence-corrected chi connectivity index (χ4v) is 5.28. The van der Waals surface area contributed by atoms with E-state index in [0.29, 0.717) is 12.1 Å². The smallest absolute Gasteiger partial charge is 0.271 e. The van der Waals surface area contributed by atoms with E-state index in [2.05, 4.69) is 30.7 Å². The summed E-state index contributed by atoms with van der Waals surface area (Å²) >= 11 is 1.49. The highest BCUT2D eigenvalue weighted by atomic mass is 32.1. The van der Waals surface area contributed by atoms with Gasteiger partial charge in [-0.25, -0.2) is 9.97 Å². The Bertz CT molecular complexity index is 985. The molecule has 1 aliphatic carbocycles. The maximum Gasteiger partial charge on any atom is 0.271 e. The van der Waals surface area contributed by atoms with E-state index in [9.17, 15) is 4.79 Å². The van der Waals surface area contributed by atoms with Gasteiger partial charge in [0, 0.05) is 24.8 Å². The number of aromatic nitrogens is 3. The minimum absolute atomic E-state index is 0.100. The average Bonchev–Trinajstić information content (AvgIpc) is 3.03. The first-order valence-electron chi connectivity index (χ1n) is 9.66. The second kappa shape index (κ2) is 6.99. The molecule has 0 atom stereocenters. The normalized spacial score (nSPS) is 16.0. The molecule has 0 spiro atoms. The SMILES string of the molecule is CCN(c1ccnc2sc3c(=O)n(C4CCCCC4)cnc3c12)C(C)C. The van der Waals surface area contributed by atoms with E-state index in [1.807, 2.05) is 16.8 Å². The van der Waals surface area contributed by atoms with Gasteiger partial charge < -0.3 is 4.90 Å². The lowest BCUT2D eigenvalue weighted by molar-refractivity contribution is 0.345. The number of anilines is 1. The molecule has 5 nitrogen and oxygen atoms in total. The van der Waals surface area contributed by atoms with Crippen LogP contribution in [0.2, 0.25) is 0 Å². The number of fused-ring (bicyclic) bond motifs is 3. The molecule has 1 aliphatic rings. The highest BCUT2D eigenvalue weighted by Crippen LogP contribution is 2.37. The van der Waals surface area contributed by atoms with Crippen LogP contribution in [0.3, 0.4) is 0 Å².